The van der Waals surface area contributed by atoms with E-state index in [1.807, 2.05) is 0 Å². The van der Waals surface area contributed by atoms with Crippen molar-refractivity contribution in [1.29, 1.82) is 0 Å². The van der Waals surface area contributed by atoms with E-state index < -0.39 is 41.6 Å². The van der Waals surface area contributed by atoms with E-state index in [2.05, 4.69) is 41.5 Å². The lowest BCUT2D eigenvalue weighted by molar-refractivity contribution is -0.187. The molecule has 0 saturated carbocycles. The van der Waals surface area contributed by atoms with Crippen molar-refractivity contribution in [2.75, 3.05) is 19.8 Å². The summed E-state index contributed by atoms with van der Waals surface area (Å²) in [5, 5.41) is 11.7. The Morgan fingerprint density at radius 2 is 0.769 bits per heavy atom. The maximum atomic E-state index is 13.4. The Bertz CT molecular complexity index is 914. The highest BCUT2D eigenvalue weighted by atomic mass is 16.6. The largest absolute Gasteiger partial charge is 0.466 e. The number of unbranched alkanes of at least 4 members (excludes halogenated alkanes) is 18. The summed E-state index contributed by atoms with van der Waals surface area (Å²) in [6.45, 7) is 14.8. The van der Waals surface area contributed by atoms with Crippen LogP contribution < -0.4 is 0 Å². The summed E-state index contributed by atoms with van der Waals surface area (Å²) in [7, 11) is 0. The molecule has 8 nitrogen and oxygen atoms in total. The van der Waals surface area contributed by atoms with Crippen LogP contribution in [0.3, 0.4) is 0 Å². The van der Waals surface area contributed by atoms with Gasteiger partial charge in [-0.15, -0.1) is 0 Å². The molecular formula is C44H82O8. The van der Waals surface area contributed by atoms with Gasteiger partial charge in [-0.2, -0.15) is 0 Å². The molecule has 0 fully saturated rings. The lowest BCUT2D eigenvalue weighted by Crippen LogP contribution is -2.55. The molecule has 0 aliphatic rings. The maximum absolute atomic E-state index is 13.4. The van der Waals surface area contributed by atoms with Gasteiger partial charge in [0.1, 0.15) is 5.78 Å². The zero-order valence-electron chi connectivity index (χ0n) is 34.9. The Labute approximate surface area is 319 Å². The number of hydrogen-bond donors (Lipinski definition) is 1. The van der Waals surface area contributed by atoms with Gasteiger partial charge in [-0.1, -0.05) is 176 Å². The summed E-state index contributed by atoms with van der Waals surface area (Å²) in [6, 6.07) is 0. The molecule has 0 radical (unpaired) electrons. The van der Waals surface area contributed by atoms with E-state index in [1.165, 1.54) is 77.0 Å². The molecule has 0 aromatic carbocycles. The normalized spacial score (nSPS) is 13.4. The zero-order chi connectivity index (χ0) is 39.0. The summed E-state index contributed by atoms with van der Waals surface area (Å²) in [4.78, 5) is 52.4. The van der Waals surface area contributed by atoms with Crippen molar-refractivity contribution in [2.24, 2.45) is 23.7 Å². The van der Waals surface area contributed by atoms with Gasteiger partial charge >= 0.3 is 17.9 Å². The van der Waals surface area contributed by atoms with Crippen LogP contribution in [0.4, 0.5) is 0 Å². The van der Waals surface area contributed by atoms with Crippen LogP contribution in [0.2, 0.25) is 0 Å². The zero-order valence-corrected chi connectivity index (χ0v) is 34.9. The highest BCUT2D eigenvalue weighted by Crippen LogP contribution is 2.28. The minimum Gasteiger partial charge on any atom is -0.466 e. The van der Waals surface area contributed by atoms with Crippen LogP contribution in [0.1, 0.15) is 209 Å². The molecule has 0 aliphatic carbocycles. The molecule has 0 heterocycles. The molecule has 306 valence electrons. The van der Waals surface area contributed by atoms with Crippen LogP contribution >= 0.6 is 0 Å². The molecule has 0 saturated heterocycles. The van der Waals surface area contributed by atoms with Gasteiger partial charge in [-0.05, 0) is 43.9 Å². The minimum absolute atomic E-state index is 0.0259. The van der Waals surface area contributed by atoms with Crippen LogP contribution in [0.15, 0.2) is 0 Å². The molecule has 0 bridgehead atoms. The van der Waals surface area contributed by atoms with E-state index in [1.54, 1.807) is 0 Å². The number of ether oxygens (including phenoxy) is 3. The molecule has 8 heteroatoms. The first-order valence-corrected chi connectivity index (χ1v) is 21.5. The monoisotopic (exact) mass is 739 g/mol. The SMILES string of the molecule is CC(=O)C(C(=O)OCCCCCCCCCC(C)C)C(O)(CC(=O)OCCCCCCCCCC(C)C)C(=O)OCCCCCCCCCC(C)C. The fourth-order valence-electron chi connectivity index (χ4n) is 6.61. The van der Waals surface area contributed by atoms with E-state index in [0.717, 1.165) is 82.5 Å². The highest BCUT2D eigenvalue weighted by molar-refractivity contribution is 6.05. The lowest BCUT2D eigenvalue weighted by Gasteiger charge is -2.30. The van der Waals surface area contributed by atoms with Crippen molar-refractivity contribution in [3.63, 3.8) is 0 Å². The predicted molar refractivity (Wildman–Crippen MR) is 212 cm³/mol. The van der Waals surface area contributed by atoms with Gasteiger partial charge in [0.2, 0.25) is 0 Å². The third-order valence-corrected chi connectivity index (χ3v) is 9.91. The van der Waals surface area contributed by atoms with Crippen LogP contribution in [0.5, 0.6) is 0 Å². The molecular weight excluding hydrogens is 656 g/mol. The van der Waals surface area contributed by atoms with Crippen LogP contribution in [0, 0.1) is 23.7 Å². The second-order valence-corrected chi connectivity index (χ2v) is 16.6. The minimum atomic E-state index is -2.71. The van der Waals surface area contributed by atoms with E-state index in [4.69, 9.17) is 14.2 Å². The molecule has 52 heavy (non-hydrogen) atoms. The fourth-order valence-corrected chi connectivity index (χ4v) is 6.61. The molecule has 2 unspecified atom stereocenters. The van der Waals surface area contributed by atoms with Crippen molar-refractivity contribution in [3.8, 4) is 0 Å². The summed E-state index contributed by atoms with van der Waals surface area (Å²) in [5.74, 6) is -3.46. The average molecular weight is 739 g/mol. The number of Topliss-reactive ketones (excluding diaryl/α,β-unsaturated/α-hetero) is 1. The smallest absolute Gasteiger partial charge is 0.340 e. The first kappa shape index (κ1) is 50.0. The number of carbonyl (C=O) groups is 4. The Balaban J connectivity index is 5.03. The van der Waals surface area contributed by atoms with E-state index >= 15 is 0 Å². The molecule has 1 N–H and O–H groups in total. The van der Waals surface area contributed by atoms with Crippen LogP contribution in [-0.2, 0) is 33.4 Å². The van der Waals surface area contributed by atoms with Gasteiger partial charge < -0.3 is 19.3 Å². The van der Waals surface area contributed by atoms with E-state index in [0.29, 0.717) is 19.3 Å². The molecule has 2 atom stereocenters. The van der Waals surface area contributed by atoms with Crippen molar-refractivity contribution in [3.05, 3.63) is 0 Å². The number of rotatable bonds is 36. The number of ketones is 1. The quantitative estimate of drug-likeness (QED) is 0.0292. The van der Waals surface area contributed by atoms with Crippen molar-refractivity contribution >= 4 is 23.7 Å². The number of carbonyl (C=O) groups excluding carboxylic acids is 4. The molecule has 0 aromatic rings. The van der Waals surface area contributed by atoms with Crippen LogP contribution in [-0.4, -0.2) is 54.2 Å². The van der Waals surface area contributed by atoms with E-state index in [9.17, 15) is 24.3 Å². The van der Waals surface area contributed by atoms with Gasteiger partial charge in [0.15, 0.2) is 11.5 Å². The summed E-state index contributed by atoms with van der Waals surface area (Å²) < 4.78 is 16.2. The summed E-state index contributed by atoms with van der Waals surface area (Å²) >= 11 is 0. The van der Waals surface area contributed by atoms with Crippen molar-refractivity contribution in [2.45, 2.75) is 215 Å². The third kappa shape index (κ3) is 27.6. The molecule has 0 aliphatic heterocycles. The second-order valence-electron chi connectivity index (χ2n) is 16.6. The first-order valence-electron chi connectivity index (χ1n) is 21.5. The van der Waals surface area contributed by atoms with Crippen molar-refractivity contribution < 1.29 is 38.5 Å². The average Bonchev–Trinajstić information content (AvgIpc) is 3.06. The molecule has 0 rings (SSSR count). The maximum Gasteiger partial charge on any atom is 0.340 e. The molecule has 0 amide bonds. The first-order chi connectivity index (χ1) is 24.8. The Morgan fingerprint density at radius 3 is 1.12 bits per heavy atom. The van der Waals surface area contributed by atoms with Gasteiger partial charge in [0, 0.05) is 0 Å². The standard InChI is InChI=1S/C44H82O8/c1-36(2)29-23-17-11-8-14-20-26-32-50-40(46)35-44(49,43(48)52-34-28-22-16-10-13-19-25-31-38(5)6)41(39(7)45)42(47)51-33-27-21-15-9-12-18-24-30-37(3)4/h36-38,41,49H,8-35H2,1-7H3. The Morgan fingerprint density at radius 1 is 0.462 bits per heavy atom. The second kappa shape index (κ2) is 32.5. The fraction of sp³-hybridized carbons (Fsp3) is 0.909. The number of hydrogen-bond acceptors (Lipinski definition) is 8. The topological polar surface area (TPSA) is 116 Å². The summed E-state index contributed by atoms with van der Waals surface area (Å²) in [5.41, 5.74) is -2.71. The van der Waals surface area contributed by atoms with Gasteiger partial charge in [0.25, 0.3) is 0 Å². The van der Waals surface area contributed by atoms with E-state index in [-0.39, 0.29) is 19.8 Å². The Hall–Kier alpha value is -1.96. The van der Waals surface area contributed by atoms with Gasteiger partial charge in [-0.25, -0.2) is 4.79 Å². The van der Waals surface area contributed by atoms with Crippen molar-refractivity contribution in [1.82, 2.24) is 0 Å². The van der Waals surface area contributed by atoms with Gasteiger partial charge in [0.05, 0.1) is 26.2 Å². The summed E-state index contributed by atoms with van der Waals surface area (Å²) in [6.07, 6.45) is 24.8. The molecule has 0 spiro atoms. The third-order valence-electron chi connectivity index (χ3n) is 9.91. The molecule has 0 aromatic heterocycles. The number of esters is 3. The predicted octanol–water partition coefficient (Wildman–Crippen LogP) is 11.3. The van der Waals surface area contributed by atoms with Gasteiger partial charge in [-0.3, -0.25) is 14.4 Å². The van der Waals surface area contributed by atoms with Crippen LogP contribution in [0.25, 0.3) is 0 Å². The lowest BCUT2D eigenvalue weighted by atomic mass is 9.81. The number of aliphatic hydroxyl groups is 1. The highest BCUT2D eigenvalue weighted by Gasteiger charge is 2.54. The Kier molecular flexibility index (Phi) is 31.2.